The molecule has 0 radical (unpaired) electrons. The molecular formula is C30H26N4O3. The molecule has 5 aromatic rings. The van der Waals surface area contributed by atoms with Gasteiger partial charge in [0.25, 0.3) is 5.91 Å². The lowest BCUT2D eigenvalue weighted by molar-refractivity contribution is 0.102. The molecule has 1 N–H and O–H groups in total. The van der Waals surface area contributed by atoms with Gasteiger partial charge in [-0.2, -0.15) is 0 Å². The molecule has 6 rings (SSSR count). The van der Waals surface area contributed by atoms with Crippen molar-refractivity contribution in [2.45, 2.75) is 39.2 Å². The number of fused-ring (bicyclic) bond motifs is 2. The highest BCUT2D eigenvalue weighted by molar-refractivity contribution is 6.11. The molecule has 1 aliphatic rings. The number of hydrogen-bond acceptors (Lipinski definition) is 5. The van der Waals surface area contributed by atoms with Crippen molar-refractivity contribution in [1.29, 1.82) is 0 Å². The summed E-state index contributed by atoms with van der Waals surface area (Å²) in [6, 6.07) is 22.1. The van der Waals surface area contributed by atoms with Crippen molar-refractivity contribution in [2.75, 3.05) is 5.32 Å². The molecule has 3 heterocycles. The van der Waals surface area contributed by atoms with Crippen LogP contribution >= 0.6 is 0 Å². The number of amides is 1. The van der Waals surface area contributed by atoms with Crippen LogP contribution in [0.15, 0.2) is 82.0 Å². The van der Waals surface area contributed by atoms with Gasteiger partial charge in [0.05, 0.1) is 10.9 Å². The molecule has 7 heteroatoms. The van der Waals surface area contributed by atoms with Gasteiger partial charge < -0.3 is 14.3 Å². The second-order valence-corrected chi connectivity index (χ2v) is 9.37. The van der Waals surface area contributed by atoms with Crippen molar-refractivity contribution in [2.24, 2.45) is 0 Å². The molecule has 1 amide bonds. The van der Waals surface area contributed by atoms with Gasteiger partial charge >= 0.3 is 0 Å². The number of benzene rings is 3. The van der Waals surface area contributed by atoms with Crippen LogP contribution in [-0.4, -0.2) is 20.7 Å². The molecule has 184 valence electrons. The van der Waals surface area contributed by atoms with E-state index in [1.54, 1.807) is 25.1 Å². The first-order valence-corrected chi connectivity index (χ1v) is 12.6. The summed E-state index contributed by atoms with van der Waals surface area (Å²) in [6.07, 6.45) is 4.35. The van der Waals surface area contributed by atoms with E-state index in [-0.39, 0.29) is 16.9 Å². The Hall–Kier alpha value is -4.52. The van der Waals surface area contributed by atoms with Gasteiger partial charge in [0, 0.05) is 35.3 Å². The van der Waals surface area contributed by atoms with Crippen LogP contribution in [0.4, 0.5) is 5.69 Å². The van der Waals surface area contributed by atoms with Crippen molar-refractivity contribution < 1.29 is 9.21 Å². The van der Waals surface area contributed by atoms with E-state index in [0.29, 0.717) is 28.0 Å². The molecule has 0 saturated heterocycles. The van der Waals surface area contributed by atoms with Gasteiger partial charge in [-0.15, -0.1) is 10.2 Å². The molecule has 3 aromatic carbocycles. The third kappa shape index (κ3) is 4.22. The number of para-hydroxylation sites is 1. The summed E-state index contributed by atoms with van der Waals surface area (Å²) < 4.78 is 8.40. The monoisotopic (exact) mass is 490 g/mol. The highest BCUT2D eigenvalue weighted by Gasteiger charge is 2.20. The molecule has 0 spiro atoms. The summed E-state index contributed by atoms with van der Waals surface area (Å²) in [6.45, 7) is 2.64. The Balaban J connectivity index is 1.36. The van der Waals surface area contributed by atoms with Crippen molar-refractivity contribution >= 4 is 22.6 Å². The van der Waals surface area contributed by atoms with Crippen molar-refractivity contribution in [3.05, 3.63) is 100.0 Å². The average molecular weight is 491 g/mol. The number of aryl methyl sites for hydroxylation is 1. The number of aromatic nitrogens is 3. The van der Waals surface area contributed by atoms with Gasteiger partial charge in [-0.1, -0.05) is 55.0 Å². The largest absolute Gasteiger partial charge is 0.455 e. The minimum Gasteiger partial charge on any atom is -0.455 e. The van der Waals surface area contributed by atoms with E-state index in [2.05, 4.69) is 20.1 Å². The number of carbonyl (C=O) groups is 1. The Kier molecular flexibility index (Phi) is 5.88. The summed E-state index contributed by atoms with van der Waals surface area (Å²) in [7, 11) is 0. The van der Waals surface area contributed by atoms with E-state index in [1.807, 2.05) is 54.6 Å². The summed E-state index contributed by atoms with van der Waals surface area (Å²) in [4.78, 5) is 26.6. The van der Waals surface area contributed by atoms with Crippen LogP contribution in [-0.2, 0) is 13.0 Å². The predicted octanol–water partition coefficient (Wildman–Crippen LogP) is 6.01. The number of rotatable bonds is 4. The molecule has 0 atom stereocenters. The van der Waals surface area contributed by atoms with Gasteiger partial charge in [0.1, 0.15) is 11.6 Å². The van der Waals surface area contributed by atoms with Crippen molar-refractivity contribution in [3.8, 4) is 22.7 Å². The van der Waals surface area contributed by atoms with Crippen LogP contribution in [0.1, 0.15) is 41.0 Å². The fraction of sp³-hybridized carbons (Fsp3) is 0.200. The zero-order valence-electron chi connectivity index (χ0n) is 20.5. The highest BCUT2D eigenvalue weighted by atomic mass is 16.3. The van der Waals surface area contributed by atoms with Crippen LogP contribution in [0.3, 0.4) is 0 Å². The van der Waals surface area contributed by atoms with E-state index >= 15 is 0 Å². The Morgan fingerprint density at radius 1 is 0.919 bits per heavy atom. The molecular weight excluding hydrogens is 464 g/mol. The SMILES string of the molecule is Cc1c(-c2ccccc2)oc2c(C(=O)Nc3cccc(-c4nnc5n4CCCCC5)c3)cccc2c1=O. The number of nitrogens with one attached hydrogen (secondary N) is 1. The molecule has 0 saturated carbocycles. The summed E-state index contributed by atoms with van der Waals surface area (Å²) in [5, 5.41) is 12.2. The number of hydrogen-bond donors (Lipinski definition) is 1. The van der Waals surface area contributed by atoms with Gasteiger partial charge in [0.2, 0.25) is 0 Å². The van der Waals surface area contributed by atoms with Crippen LogP contribution in [0.5, 0.6) is 0 Å². The quantitative estimate of drug-likeness (QED) is 0.333. The third-order valence-corrected chi connectivity index (χ3v) is 6.91. The molecule has 0 aliphatic carbocycles. The van der Waals surface area contributed by atoms with E-state index in [9.17, 15) is 9.59 Å². The van der Waals surface area contributed by atoms with Crippen LogP contribution in [0, 0.1) is 6.92 Å². The number of nitrogens with zero attached hydrogens (tertiary/aromatic N) is 3. The lowest BCUT2D eigenvalue weighted by Gasteiger charge is -2.12. The third-order valence-electron chi connectivity index (χ3n) is 6.91. The normalized spacial score (nSPS) is 13.2. The zero-order chi connectivity index (χ0) is 25.4. The van der Waals surface area contributed by atoms with E-state index in [1.165, 1.54) is 6.42 Å². The molecule has 1 aliphatic heterocycles. The lowest BCUT2D eigenvalue weighted by atomic mass is 10.0. The minimum atomic E-state index is -0.353. The molecule has 37 heavy (non-hydrogen) atoms. The van der Waals surface area contributed by atoms with Gasteiger partial charge in [-0.05, 0) is 44.0 Å². The minimum absolute atomic E-state index is 0.149. The first-order chi connectivity index (χ1) is 18.1. The maximum atomic E-state index is 13.4. The Labute approximate surface area is 213 Å². The van der Waals surface area contributed by atoms with E-state index < -0.39 is 0 Å². The summed E-state index contributed by atoms with van der Waals surface area (Å²) in [5.74, 6) is 1.94. The number of anilines is 1. The smallest absolute Gasteiger partial charge is 0.259 e. The Morgan fingerprint density at radius 3 is 2.59 bits per heavy atom. The predicted molar refractivity (Wildman–Crippen MR) is 144 cm³/mol. The lowest BCUT2D eigenvalue weighted by Crippen LogP contribution is -2.15. The highest BCUT2D eigenvalue weighted by Crippen LogP contribution is 2.29. The van der Waals surface area contributed by atoms with Gasteiger partial charge in [-0.3, -0.25) is 9.59 Å². The standard InChI is InChI=1S/C30H26N4O3/c1-19-26(35)23-14-9-15-24(28(23)37-27(19)20-10-4-2-5-11-20)30(36)31-22-13-8-12-21(18-22)29-33-32-25-16-6-3-7-17-34(25)29/h2,4-5,8-15,18H,3,6-7,16-17H2,1H3,(H,31,36). The topological polar surface area (TPSA) is 90.0 Å². The van der Waals surface area contributed by atoms with Crippen LogP contribution < -0.4 is 10.7 Å². The van der Waals surface area contributed by atoms with E-state index in [0.717, 1.165) is 48.6 Å². The van der Waals surface area contributed by atoms with Crippen molar-refractivity contribution in [3.63, 3.8) is 0 Å². The molecule has 0 bridgehead atoms. The molecule has 0 fully saturated rings. The molecule has 7 nitrogen and oxygen atoms in total. The second kappa shape index (κ2) is 9.50. The first-order valence-electron chi connectivity index (χ1n) is 12.6. The molecule has 0 unspecified atom stereocenters. The maximum Gasteiger partial charge on any atom is 0.259 e. The van der Waals surface area contributed by atoms with Crippen LogP contribution in [0.25, 0.3) is 33.7 Å². The zero-order valence-corrected chi connectivity index (χ0v) is 20.5. The summed E-state index contributed by atoms with van der Waals surface area (Å²) in [5.41, 5.74) is 3.24. The van der Waals surface area contributed by atoms with E-state index in [4.69, 9.17) is 4.42 Å². The van der Waals surface area contributed by atoms with Gasteiger partial charge in [-0.25, -0.2) is 0 Å². The summed E-state index contributed by atoms with van der Waals surface area (Å²) >= 11 is 0. The first kappa shape index (κ1) is 22.9. The van der Waals surface area contributed by atoms with Crippen molar-refractivity contribution in [1.82, 2.24) is 14.8 Å². The maximum absolute atomic E-state index is 13.4. The molecule has 2 aromatic heterocycles. The fourth-order valence-corrected chi connectivity index (χ4v) is 4.99. The second-order valence-electron chi connectivity index (χ2n) is 9.37. The van der Waals surface area contributed by atoms with Gasteiger partial charge in [0.15, 0.2) is 16.8 Å². The Morgan fingerprint density at radius 2 is 1.73 bits per heavy atom. The van der Waals surface area contributed by atoms with Crippen LogP contribution in [0.2, 0.25) is 0 Å². The fourth-order valence-electron chi connectivity index (χ4n) is 4.99. The number of carbonyl (C=O) groups excluding carboxylic acids is 1. The Bertz CT molecular complexity index is 1680. The average Bonchev–Trinajstić information content (AvgIpc) is 3.19.